The van der Waals surface area contributed by atoms with Crippen LogP contribution in [0.5, 0.6) is 5.75 Å². The van der Waals surface area contributed by atoms with Gasteiger partial charge in [0, 0.05) is 25.5 Å². The minimum Gasteiger partial charge on any atom is -0.481 e. The molecule has 2 saturated carbocycles. The predicted molar refractivity (Wildman–Crippen MR) is 102 cm³/mol. The molecule has 1 aromatic rings. The summed E-state index contributed by atoms with van der Waals surface area (Å²) in [5.41, 5.74) is 2.36. The second-order valence-corrected chi connectivity index (χ2v) is 9.57. The first-order valence-corrected chi connectivity index (χ1v) is 10.7. The number of carbonyl (C=O) groups excluding carboxylic acids is 2. The number of nitrogens with zero attached hydrogens (tertiary/aromatic N) is 1. The minimum atomic E-state index is -0.656. The van der Waals surface area contributed by atoms with Crippen molar-refractivity contribution < 1.29 is 19.1 Å². The molecule has 6 rings (SSSR count). The van der Waals surface area contributed by atoms with Crippen LogP contribution in [0.15, 0.2) is 12.1 Å². The van der Waals surface area contributed by atoms with E-state index in [1.807, 2.05) is 0 Å². The van der Waals surface area contributed by atoms with Gasteiger partial charge in [-0.15, -0.1) is 0 Å². The summed E-state index contributed by atoms with van der Waals surface area (Å²) >= 11 is 0. The van der Waals surface area contributed by atoms with E-state index in [-0.39, 0.29) is 17.8 Å². The molecule has 0 amide bonds. The van der Waals surface area contributed by atoms with Crippen LogP contribution in [0.2, 0.25) is 0 Å². The van der Waals surface area contributed by atoms with Crippen LogP contribution < -0.4 is 4.74 Å². The van der Waals surface area contributed by atoms with Crippen LogP contribution in [0, 0.1) is 12.8 Å². The third-order valence-corrected chi connectivity index (χ3v) is 8.06. The second kappa shape index (κ2) is 5.38. The summed E-state index contributed by atoms with van der Waals surface area (Å²) in [6.45, 7) is 5.59. The Morgan fingerprint density at radius 3 is 2.89 bits per heavy atom. The number of hydrogen-bond acceptors (Lipinski definition) is 5. The van der Waals surface area contributed by atoms with Crippen LogP contribution in [0.4, 0.5) is 0 Å². The molecule has 0 N–H and O–H groups in total. The molecule has 148 valence electrons. The molecular formula is C23H27NO4. The third-order valence-electron chi connectivity index (χ3n) is 8.06. The zero-order chi connectivity index (χ0) is 19.3. The van der Waals surface area contributed by atoms with Gasteiger partial charge < -0.3 is 9.47 Å². The van der Waals surface area contributed by atoms with Gasteiger partial charge in [0.25, 0.3) is 0 Å². The lowest BCUT2D eigenvalue weighted by molar-refractivity contribution is -0.214. The molecule has 0 radical (unpaired) electrons. The Morgan fingerprint density at radius 2 is 2.14 bits per heavy atom. The smallest absolute Gasteiger partial charge is 0.303 e. The van der Waals surface area contributed by atoms with E-state index in [2.05, 4.69) is 24.0 Å². The van der Waals surface area contributed by atoms with Crippen LogP contribution in [0.3, 0.4) is 0 Å². The SMILES string of the molecule is CC(=O)O[C@@]12CCC(=O)[C@@H]3Oc4c(C)ccc5c4[C@@]31CCN(CC1CC1)[C@@H]2C5. The van der Waals surface area contributed by atoms with E-state index in [9.17, 15) is 9.59 Å². The molecule has 2 aliphatic heterocycles. The molecule has 5 heteroatoms. The molecule has 3 fully saturated rings. The molecule has 28 heavy (non-hydrogen) atoms. The first-order chi connectivity index (χ1) is 13.5. The highest BCUT2D eigenvalue weighted by atomic mass is 16.6. The highest BCUT2D eigenvalue weighted by Crippen LogP contribution is 2.65. The Balaban J connectivity index is 1.60. The first-order valence-electron chi connectivity index (χ1n) is 10.7. The van der Waals surface area contributed by atoms with Crippen molar-refractivity contribution in [2.45, 2.75) is 75.5 Å². The van der Waals surface area contributed by atoms with Crippen molar-refractivity contribution in [1.29, 1.82) is 0 Å². The molecule has 5 nitrogen and oxygen atoms in total. The van der Waals surface area contributed by atoms with Gasteiger partial charge in [-0.2, -0.15) is 0 Å². The van der Waals surface area contributed by atoms with Gasteiger partial charge in [0.15, 0.2) is 11.9 Å². The fourth-order valence-electron chi connectivity index (χ4n) is 6.85. The Kier molecular flexibility index (Phi) is 3.27. The fourth-order valence-corrected chi connectivity index (χ4v) is 6.85. The number of carbonyl (C=O) groups is 2. The number of likely N-dealkylation sites (tertiary alicyclic amines) is 1. The highest BCUT2D eigenvalue weighted by Gasteiger charge is 2.75. The maximum Gasteiger partial charge on any atom is 0.303 e. The topological polar surface area (TPSA) is 55.8 Å². The molecule has 2 heterocycles. The number of ketones is 1. The number of rotatable bonds is 3. The standard InChI is InChI=1S/C23H27NO4/c1-13-3-6-16-11-18-23(28-14(2)25)8-7-17(26)21-22(23,19(16)20(13)27-21)9-10-24(18)12-15-4-5-15/h3,6,15,18,21H,4-5,7-12H2,1-2H3/t18-,21+,22+,23-/m1/s1. The van der Waals surface area contributed by atoms with E-state index < -0.39 is 17.1 Å². The highest BCUT2D eigenvalue weighted by molar-refractivity contribution is 5.90. The van der Waals surface area contributed by atoms with Gasteiger partial charge in [-0.25, -0.2) is 0 Å². The van der Waals surface area contributed by atoms with E-state index in [0.717, 1.165) is 43.2 Å². The molecule has 0 unspecified atom stereocenters. The van der Waals surface area contributed by atoms with Crippen molar-refractivity contribution in [3.63, 3.8) is 0 Å². The maximum absolute atomic E-state index is 13.0. The van der Waals surface area contributed by atoms with E-state index in [1.54, 1.807) is 0 Å². The van der Waals surface area contributed by atoms with Gasteiger partial charge in [-0.3, -0.25) is 14.5 Å². The number of hydrogen-bond donors (Lipinski definition) is 0. The fraction of sp³-hybridized carbons (Fsp3) is 0.652. The summed E-state index contributed by atoms with van der Waals surface area (Å²) in [5, 5.41) is 0. The first kappa shape index (κ1) is 17.0. The van der Waals surface area contributed by atoms with E-state index in [0.29, 0.717) is 12.8 Å². The predicted octanol–water partition coefficient (Wildman–Crippen LogP) is 2.70. The molecule has 5 aliphatic rings. The quantitative estimate of drug-likeness (QED) is 0.754. The average Bonchev–Trinajstić information content (AvgIpc) is 3.38. The van der Waals surface area contributed by atoms with Crippen molar-refractivity contribution in [2.24, 2.45) is 5.92 Å². The molecule has 4 atom stereocenters. The Hall–Kier alpha value is -1.88. The van der Waals surface area contributed by atoms with E-state index >= 15 is 0 Å². The minimum absolute atomic E-state index is 0.131. The summed E-state index contributed by atoms with van der Waals surface area (Å²) < 4.78 is 12.7. The lowest BCUT2D eigenvalue weighted by Gasteiger charge is -2.63. The van der Waals surface area contributed by atoms with Gasteiger partial charge in [0.05, 0.1) is 11.5 Å². The van der Waals surface area contributed by atoms with Crippen LogP contribution in [-0.2, 0) is 26.2 Å². The van der Waals surface area contributed by atoms with E-state index in [1.165, 1.54) is 30.9 Å². The maximum atomic E-state index is 13.0. The largest absolute Gasteiger partial charge is 0.481 e. The van der Waals surface area contributed by atoms with Gasteiger partial charge >= 0.3 is 5.97 Å². The van der Waals surface area contributed by atoms with Crippen molar-refractivity contribution in [3.05, 3.63) is 28.8 Å². The molecule has 1 saturated heterocycles. The van der Waals surface area contributed by atoms with Crippen molar-refractivity contribution >= 4 is 11.8 Å². The molecule has 1 aromatic carbocycles. The van der Waals surface area contributed by atoms with Crippen LogP contribution >= 0.6 is 0 Å². The molecule has 1 spiro atoms. The number of Topliss-reactive ketones (excluding diaryl/α,β-unsaturated/α-hetero) is 1. The summed E-state index contributed by atoms with van der Waals surface area (Å²) in [6.07, 6.45) is 4.83. The van der Waals surface area contributed by atoms with E-state index in [4.69, 9.17) is 9.47 Å². The van der Waals surface area contributed by atoms with Gasteiger partial charge in [-0.05, 0) is 62.6 Å². The number of benzene rings is 1. The van der Waals surface area contributed by atoms with Gasteiger partial charge in [-0.1, -0.05) is 12.1 Å². The number of esters is 1. The molecule has 2 bridgehead atoms. The summed E-state index contributed by atoms with van der Waals surface area (Å²) in [7, 11) is 0. The van der Waals surface area contributed by atoms with Crippen LogP contribution in [0.25, 0.3) is 0 Å². The summed E-state index contributed by atoms with van der Waals surface area (Å²) in [6, 6.07) is 4.46. The Bertz CT molecular complexity index is 906. The summed E-state index contributed by atoms with van der Waals surface area (Å²) in [4.78, 5) is 28.0. The lowest BCUT2D eigenvalue weighted by Crippen LogP contribution is -2.77. The van der Waals surface area contributed by atoms with Crippen LogP contribution in [-0.4, -0.2) is 47.5 Å². The zero-order valence-electron chi connectivity index (χ0n) is 16.6. The number of aryl methyl sites for hydroxylation is 1. The molecule has 0 aromatic heterocycles. The third kappa shape index (κ3) is 1.91. The van der Waals surface area contributed by atoms with Crippen molar-refractivity contribution in [3.8, 4) is 5.75 Å². The zero-order valence-corrected chi connectivity index (χ0v) is 16.6. The van der Waals surface area contributed by atoms with Gasteiger partial charge in [0.2, 0.25) is 0 Å². The second-order valence-electron chi connectivity index (χ2n) is 9.57. The number of piperidine rings is 1. The monoisotopic (exact) mass is 381 g/mol. The van der Waals surface area contributed by atoms with Crippen molar-refractivity contribution in [1.82, 2.24) is 4.90 Å². The number of ether oxygens (including phenoxy) is 2. The molecule has 3 aliphatic carbocycles. The average molecular weight is 381 g/mol. The van der Waals surface area contributed by atoms with Crippen molar-refractivity contribution in [2.75, 3.05) is 13.1 Å². The van der Waals surface area contributed by atoms with Crippen LogP contribution in [0.1, 0.15) is 55.7 Å². The summed E-state index contributed by atoms with van der Waals surface area (Å²) in [5.74, 6) is 1.58. The Labute approximate surface area is 165 Å². The normalized spacial score (nSPS) is 38.0. The Morgan fingerprint density at radius 1 is 1.32 bits per heavy atom. The van der Waals surface area contributed by atoms with Gasteiger partial charge in [0.1, 0.15) is 11.4 Å². The molecular weight excluding hydrogens is 354 g/mol. The lowest BCUT2D eigenvalue weighted by atomic mass is 9.48.